The Kier molecular flexibility index (Phi) is 4.55. The third-order valence-corrected chi connectivity index (χ3v) is 8.42. The minimum atomic E-state index is -0.599. The van der Waals surface area contributed by atoms with Crippen LogP contribution in [0.5, 0.6) is 5.75 Å². The molecule has 4 aromatic rings. The molecule has 2 aliphatic heterocycles. The van der Waals surface area contributed by atoms with E-state index in [-0.39, 0.29) is 17.8 Å². The molecule has 3 aliphatic rings. The monoisotopic (exact) mass is 476 g/mol. The van der Waals surface area contributed by atoms with Crippen LogP contribution in [0, 0.1) is 5.92 Å². The highest BCUT2D eigenvalue weighted by Gasteiger charge is 2.64. The zero-order chi connectivity index (χ0) is 24.6. The van der Waals surface area contributed by atoms with Crippen LogP contribution in [0.3, 0.4) is 0 Å². The largest absolute Gasteiger partial charge is 0.426 e. The molecule has 6 heteroatoms. The molecule has 1 aliphatic carbocycles. The lowest BCUT2D eigenvalue weighted by Crippen LogP contribution is -2.44. The second-order valence-electron chi connectivity index (χ2n) is 10.0. The number of hydrogen-bond donors (Lipinski definition) is 0. The Bertz CT molecular complexity index is 1550. The topological polar surface area (TPSA) is 58.6 Å². The predicted molar refractivity (Wildman–Crippen MR) is 140 cm³/mol. The Balaban J connectivity index is 1.52. The van der Waals surface area contributed by atoms with Gasteiger partial charge in [0.15, 0.2) is 0 Å². The van der Waals surface area contributed by atoms with E-state index in [1.807, 2.05) is 30.3 Å². The van der Waals surface area contributed by atoms with E-state index in [0.717, 1.165) is 52.3 Å². The van der Waals surface area contributed by atoms with E-state index in [1.54, 1.807) is 0 Å². The summed E-state index contributed by atoms with van der Waals surface area (Å²) in [5.74, 6) is 0.101. The normalized spacial score (nSPS) is 23.8. The molecular formula is C30H28N4O2. The molecule has 7 rings (SSSR count). The van der Waals surface area contributed by atoms with Gasteiger partial charge in [0, 0.05) is 48.4 Å². The van der Waals surface area contributed by atoms with E-state index in [2.05, 4.69) is 67.1 Å². The number of rotatable bonds is 3. The van der Waals surface area contributed by atoms with Gasteiger partial charge in [-0.05, 0) is 44.7 Å². The summed E-state index contributed by atoms with van der Waals surface area (Å²) in [5.41, 5.74) is 7.41. The van der Waals surface area contributed by atoms with Gasteiger partial charge >= 0.3 is 5.97 Å². The number of anilines is 1. The van der Waals surface area contributed by atoms with E-state index in [4.69, 9.17) is 14.7 Å². The Hall–Kier alpha value is -3.77. The zero-order valence-electron chi connectivity index (χ0n) is 20.7. The SMILES string of the molecule is CCN(CC)c1ccc2c(c1)OC(=O)C1CN(C)C3(c4ccccc4-c4nc5ccccc5nc43)C21. The minimum Gasteiger partial charge on any atom is -0.426 e. The van der Waals surface area contributed by atoms with Crippen molar-refractivity contribution in [2.75, 3.05) is 31.6 Å². The van der Waals surface area contributed by atoms with Crippen molar-refractivity contribution in [1.29, 1.82) is 0 Å². The molecule has 3 heterocycles. The van der Waals surface area contributed by atoms with Gasteiger partial charge in [-0.1, -0.05) is 42.5 Å². The standard InChI is InChI=1S/C30H28N4O2/c1-4-34(5-2)18-14-15-20-25(16-18)36-29(35)21-17-33(3)30(26(20)21)22-11-7-6-10-19(22)27-28(30)32-24-13-9-8-12-23(24)31-27/h6-16,21,26H,4-5,17H2,1-3H3. The van der Waals surface area contributed by atoms with E-state index in [9.17, 15) is 4.79 Å². The van der Waals surface area contributed by atoms with Gasteiger partial charge in [0.2, 0.25) is 0 Å². The number of carbonyl (C=O) groups is 1. The third kappa shape index (κ3) is 2.62. The average Bonchev–Trinajstić information content (AvgIpc) is 3.37. The summed E-state index contributed by atoms with van der Waals surface area (Å²) in [4.78, 5) is 28.4. The number of benzene rings is 3. The Morgan fingerprint density at radius 3 is 2.50 bits per heavy atom. The molecule has 0 radical (unpaired) electrons. The summed E-state index contributed by atoms with van der Waals surface area (Å²) >= 11 is 0. The Labute approximate surface area is 210 Å². The van der Waals surface area contributed by atoms with Crippen molar-refractivity contribution in [3.05, 3.63) is 83.6 Å². The number of para-hydroxylation sites is 2. The van der Waals surface area contributed by atoms with Crippen molar-refractivity contribution in [3.63, 3.8) is 0 Å². The minimum absolute atomic E-state index is 0.123. The maximum Gasteiger partial charge on any atom is 0.316 e. The summed E-state index contributed by atoms with van der Waals surface area (Å²) in [6.45, 7) is 6.67. The molecule has 180 valence electrons. The summed E-state index contributed by atoms with van der Waals surface area (Å²) in [6.07, 6.45) is 0. The van der Waals surface area contributed by atoms with Crippen LogP contribution in [0.15, 0.2) is 66.7 Å². The van der Waals surface area contributed by atoms with Crippen LogP contribution < -0.4 is 9.64 Å². The lowest BCUT2D eigenvalue weighted by Gasteiger charge is -2.40. The highest BCUT2D eigenvalue weighted by Crippen LogP contribution is 2.63. The van der Waals surface area contributed by atoms with Crippen LogP contribution in [-0.2, 0) is 10.3 Å². The molecule has 36 heavy (non-hydrogen) atoms. The number of fused-ring (bicyclic) bond motifs is 10. The molecule has 1 aromatic heterocycles. The molecule has 1 spiro atoms. The number of carbonyl (C=O) groups excluding carboxylic acids is 1. The van der Waals surface area contributed by atoms with Gasteiger partial charge in [-0.3, -0.25) is 9.69 Å². The van der Waals surface area contributed by atoms with Gasteiger partial charge in [-0.15, -0.1) is 0 Å². The first-order valence-corrected chi connectivity index (χ1v) is 12.8. The smallest absolute Gasteiger partial charge is 0.316 e. The maximum atomic E-state index is 13.5. The molecule has 3 aromatic carbocycles. The molecule has 3 unspecified atom stereocenters. The molecule has 0 saturated carbocycles. The quantitative estimate of drug-likeness (QED) is 0.308. The van der Waals surface area contributed by atoms with Crippen LogP contribution >= 0.6 is 0 Å². The van der Waals surface area contributed by atoms with Gasteiger partial charge in [-0.25, -0.2) is 9.97 Å². The second-order valence-corrected chi connectivity index (χ2v) is 10.0. The summed E-state index contributed by atoms with van der Waals surface area (Å²) in [7, 11) is 2.11. The third-order valence-electron chi connectivity index (χ3n) is 8.42. The van der Waals surface area contributed by atoms with Gasteiger partial charge in [0.1, 0.15) is 5.75 Å². The lowest BCUT2D eigenvalue weighted by atomic mass is 9.70. The summed E-state index contributed by atoms with van der Waals surface area (Å²) in [6, 6.07) is 22.9. The van der Waals surface area contributed by atoms with Gasteiger partial charge in [-0.2, -0.15) is 0 Å². The number of likely N-dealkylation sites (tertiary alicyclic amines) is 1. The highest BCUT2D eigenvalue weighted by molar-refractivity contribution is 5.88. The summed E-state index contributed by atoms with van der Waals surface area (Å²) < 4.78 is 5.99. The van der Waals surface area contributed by atoms with Crippen molar-refractivity contribution >= 4 is 22.7 Å². The average molecular weight is 477 g/mol. The molecule has 1 saturated heterocycles. The molecule has 0 amide bonds. The number of nitrogens with zero attached hydrogens (tertiary/aromatic N) is 4. The molecular weight excluding hydrogens is 448 g/mol. The molecule has 1 fully saturated rings. The van der Waals surface area contributed by atoms with Crippen LogP contribution in [-0.4, -0.2) is 47.5 Å². The fourth-order valence-corrected chi connectivity index (χ4v) is 6.87. The fourth-order valence-electron chi connectivity index (χ4n) is 6.87. The second kappa shape index (κ2) is 7.61. The maximum absolute atomic E-state index is 13.5. The molecule has 6 nitrogen and oxygen atoms in total. The molecule has 0 bridgehead atoms. The highest BCUT2D eigenvalue weighted by atomic mass is 16.5. The van der Waals surface area contributed by atoms with Crippen molar-refractivity contribution in [2.24, 2.45) is 5.92 Å². The zero-order valence-corrected chi connectivity index (χ0v) is 20.7. The van der Waals surface area contributed by atoms with Crippen LogP contribution in [0.4, 0.5) is 5.69 Å². The first-order chi connectivity index (χ1) is 17.6. The van der Waals surface area contributed by atoms with Crippen molar-refractivity contribution < 1.29 is 9.53 Å². The Morgan fingerprint density at radius 1 is 1.00 bits per heavy atom. The van der Waals surface area contributed by atoms with Crippen molar-refractivity contribution in [2.45, 2.75) is 25.3 Å². The van der Waals surface area contributed by atoms with E-state index < -0.39 is 5.54 Å². The first-order valence-electron chi connectivity index (χ1n) is 12.8. The number of aromatic nitrogens is 2. The number of ether oxygens (including phenoxy) is 1. The van der Waals surface area contributed by atoms with Gasteiger partial charge in [0.25, 0.3) is 0 Å². The number of hydrogen-bond acceptors (Lipinski definition) is 6. The van der Waals surface area contributed by atoms with Gasteiger partial charge < -0.3 is 9.64 Å². The van der Waals surface area contributed by atoms with Crippen LogP contribution in [0.1, 0.15) is 36.6 Å². The number of esters is 1. The van der Waals surface area contributed by atoms with E-state index in [0.29, 0.717) is 12.3 Å². The molecule has 3 atom stereocenters. The lowest BCUT2D eigenvalue weighted by molar-refractivity contribution is -0.140. The Morgan fingerprint density at radius 2 is 1.72 bits per heavy atom. The predicted octanol–water partition coefficient (Wildman–Crippen LogP) is 4.96. The van der Waals surface area contributed by atoms with E-state index >= 15 is 0 Å². The van der Waals surface area contributed by atoms with Crippen molar-refractivity contribution in [1.82, 2.24) is 14.9 Å². The van der Waals surface area contributed by atoms with Gasteiger partial charge in [0.05, 0.1) is 33.9 Å². The first kappa shape index (κ1) is 21.5. The number of likely N-dealkylation sites (N-methyl/N-ethyl adjacent to an activating group) is 1. The van der Waals surface area contributed by atoms with Crippen LogP contribution in [0.25, 0.3) is 22.3 Å². The van der Waals surface area contributed by atoms with Crippen molar-refractivity contribution in [3.8, 4) is 17.0 Å². The molecule has 0 N–H and O–H groups in total. The van der Waals surface area contributed by atoms with Crippen LogP contribution in [0.2, 0.25) is 0 Å². The fraction of sp³-hybridized carbons (Fsp3) is 0.300. The summed E-state index contributed by atoms with van der Waals surface area (Å²) in [5, 5.41) is 0. The van der Waals surface area contributed by atoms with E-state index in [1.165, 1.54) is 5.56 Å².